The molecule has 0 aromatic heterocycles. The third kappa shape index (κ3) is 2.92. The predicted octanol–water partition coefficient (Wildman–Crippen LogP) is 1.47. The van der Waals surface area contributed by atoms with Crippen LogP contribution in [0.4, 0.5) is 0 Å². The average molecular weight is 163 g/mol. The first kappa shape index (κ1) is 9.56. The average Bonchev–Trinajstić information content (AvgIpc) is 2.34. The molecule has 1 aliphatic rings. The Balaban J connectivity index is 0.000000810. The molecule has 0 unspecified atom stereocenters. The Morgan fingerprint density at radius 1 is 1.70 bits per heavy atom. The number of azide groups is 1. The highest BCUT2D eigenvalue weighted by Crippen LogP contribution is 2.04. The molecule has 10 heavy (non-hydrogen) atoms. The van der Waals surface area contributed by atoms with Gasteiger partial charge in [0.25, 0.3) is 0 Å². The van der Waals surface area contributed by atoms with E-state index in [-0.39, 0.29) is 12.4 Å². The van der Waals surface area contributed by atoms with E-state index < -0.39 is 0 Å². The molecule has 0 spiro atoms. The molecule has 0 amide bonds. The van der Waals surface area contributed by atoms with Crippen molar-refractivity contribution < 1.29 is 0 Å². The number of hydrogen-bond donors (Lipinski definition) is 1. The number of rotatable bonds is 2. The zero-order valence-electron chi connectivity index (χ0n) is 5.66. The minimum absolute atomic E-state index is 0. The third-order valence-corrected chi connectivity index (χ3v) is 1.53. The van der Waals surface area contributed by atoms with Crippen molar-refractivity contribution in [1.29, 1.82) is 0 Å². The topological polar surface area (TPSA) is 60.8 Å². The van der Waals surface area contributed by atoms with Crippen molar-refractivity contribution in [2.45, 2.75) is 18.9 Å². The van der Waals surface area contributed by atoms with E-state index in [1.54, 1.807) is 0 Å². The maximum Gasteiger partial charge on any atom is 0.0412 e. The fraction of sp³-hybridized carbons (Fsp3) is 1.00. The molecular formula is C5H11ClN4. The number of nitrogens with zero attached hydrogens (tertiary/aromatic N) is 3. The van der Waals surface area contributed by atoms with E-state index in [0.29, 0.717) is 12.6 Å². The van der Waals surface area contributed by atoms with E-state index in [4.69, 9.17) is 5.53 Å². The SMILES string of the molecule is Cl.[N-]=[N+]=NC[C@@H]1CCCN1. The fourth-order valence-corrected chi connectivity index (χ4v) is 1.05. The van der Waals surface area contributed by atoms with E-state index in [1.807, 2.05) is 0 Å². The Kier molecular flexibility index (Phi) is 5.12. The maximum absolute atomic E-state index is 7.96. The van der Waals surface area contributed by atoms with Gasteiger partial charge in [0.15, 0.2) is 0 Å². The van der Waals surface area contributed by atoms with Crippen LogP contribution in [0.1, 0.15) is 12.8 Å². The van der Waals surface area contributed by atoms with Crippen molar-refractivity contribution in [3.63, 3.8) is 0 Å². The van der Waals surface area contributed by atoms with Crippen LogP contribution in [0.15, 0.2) is 5.11 Å². The lowest BCUT2D eigenvalue weighted by molar-refractivity contribution is 0.615. The van der Waals surface area contributed by atoms with Crippen LogP contribution in [-0.4, -0.2) is 19.1 Å². The molecule has 0 aromatic rings. The standard InChI is InChI=1S/C5H10N4.ClH/c6-9-8-4-5-2-1-3-7-5;/h5,7H,1-4H2;1H/t5-;/m0./s1. The van der Waals surface area contributed by atoms with Gasteiger partial charge in [-0.1, -0.05) is 5.11 Å². The summed E-state index contributed by atoms with van der Waals surface area (Å²) in [5.74, 6) is 0. The summed E-state index contributed by atoms with van der Waals surface area (Å²) in [6, 6.07) is 0.445. The van der Waals surface area contributed by atoms with E-state index in [1.165, 1.54) is 6.42 Å². The monoisotopic (exact) mass is 162 g/mol. The van der Waals surface area contributed by atoms with Gasteiger partial charge in [0.05, 0.1) is 0 Å². The minimum atomic E-state index is 0. The normalized spacial score (nSPS) is 23.0. The summed E-state index contributed by atoms with van der Waals surface area (Å²) in [6.07, 6.45) is 2.37. The van der Waals surface area contributed by atoms with Crippen molar-refractivity contribution in [1.82, 2.24) is 5.32 Å². The second-order valence-corrected chi connectivity index (χ2v) is 2.21. The van der Waals surface area contributed by atoms with Crippen LogP contribution in [0.25, 0.3) is 10.4 Å². The number of hydrogen-bond acceptors (Lipinski definition) is 2. The highest BCUT2D eigenvalue weighted by molar-refractivity contribution is 5.85. The molecule has 1 atom stereocenters. The summed E-state index contributed by atoms with van der Waals surface area (Å²) in [5, 5.41) is 6.70. The van der Waals surface area contributed by atoms with Crippen LogP contribution < -0.4 is 5.32 Å². The summed E-state index contributed by atoms with van der Waals surface area (Å²) in [7, 11) is 0. The molecule has 1 aliphatic heterocycles. The Hall–Kier alpha value is -0.440. The zero-order chi connectivity index (χ0) is 6.53. The smallest absolute Gasteiger partial charge is 0.0412 e. The van der Waals surface area contributed by atoms with Crippen LogP contribution in [0, 0.1) is 0 Å². The molecule has 0 saturated carbocycles. The molecule has 58 valence electrons. The summed E-state index contributed by atoms with van der Waals surface area (Å²) in [6.45, 7) is 1.68. The van der Waals surface area contributed by atoms with Crippen LogP contribution >= 0.6 is 12.4 Å². The second kappa shape index (κ2) is 5.35. The van der Waals surface area contributed by atoms with Gasteiger partial charge in [-0.3, -0.25) is 0 Å². The highest BCUT2D eigenvalue weighted by atomic mass is 35.5. The van der Waals surface area contributed by atoms with Crippen molar-refractivity contribution in [3.05, 3.63) is 10.4 Å². The summed E-state index contributed by atoms with van der Waals surface area (Å²) < 4.78 is 0. The minimum Gasteiger partial charge on any atom is -0.314 e. The van der Waals surface area contributed by atoms with E-state index >= 15 is 0 Å². The Morgan fingerprint density at radius 2 is 2.50 bits per heavy atom. The Morgan fingerprint density at radius 3 is 3.00 bits per heavy atom. The molecule has 1 fully saturated rings. The molecule has 1 heterocycles. The van der Waals surface area contributed by atoms with Crippen molar-refractivity contribution in [3.8, 4) is 0 Å². The molecular weight excluding hydrogens is 152 g/mol. The van der Waals surface area contributed by atoms with Crippen LogP contribution in [0.2, 0.25) is 0 Å². The molecule has 1 saturated heterocycles. The predicted molar refractivity (Wildman–Crippen MR) is 42.3 cm³/mol. The summed E-state index contributed by atoms with van der Waals surface area (Å²) in [5.41, 5.74) is 7.96. The lowest BCUT2D eigenvalue weighted by atomic mass is 10.2. The van der Waals surface area contributed by atoms with Gasteiger partial charge in [-0.2, -0.15) is 0 Å². The van der Waals surface area contributed by atoms with Crippen molar-refractivity contribution in [2.24, 2.45) is 5.11 Å². The van der Waals surface area contributed by atoms with E-state index in [0.717, 1.165) is 13.0 Å². The Bertz CT molecular complexity index is 126. The maximum atomic E-state index is 7.96. The third-order valence-electron chi connectivity index (χ3n) is 1.53. The van der Waals surface area contributed by atoms with Crippen LogP contribution in [0.5, 0.6) is 0 Å². The lowest BCUT2D eigenvalue weighted by Gasteiger charge is -2.02. The van der Waals surface area contributed by atoms with Gasteiger partial charge in [0.2, 0.25) is 0 Å². The highest BCUT2D eigenvalue weighted by Gasteiger charge is 2.11. The molecule has 4 nitrogen and oxygen atoms in total. The lowest BCUT2D eigenvalue weighted by Crippen LogP contribution is -2.23. The number of nitrogens with one attached hydrogen (secondary N) is 1. The molecule has 1 N–H and O–H groups in total. The first-order valence-corrected chi connectivity index (χ1v) is 3.17. The molecule has 0 aromatic carbocycles. The van der Waals surface area contributed by atoms with Gasteiger partial charge >= 0.3 is 0 Å². The molecule has 0 radical (unpaired) electrons. The fourth-order valence-electron chi connectivity index (χ4n) is 1.05. The van der Waals surface area contributed by atoms with Gasteiger partial charge in [-0.15, -0.1) is 12.4 Å². The molecule has 0 bridgehead atoms. The summed E-state index contributed by atoms with van der Waals surface area (Å²) in [4.78, 5) is 2.68. The summed E-state index contributed by atoms with van der Waals surface area (Å²) >= 11 is 0. The zero-order valence-corrected chi connectivity index (χ0v) is 6.47. The van der Waals surface area contributed by atoms with Crippen LogP contribution in [0.3, 0.4) is 0 Å². The van der Waals surface area contributed by atoms with Gasteiger partial charge in [0.1, 0.15) is 0 Å². The number of halogens is 1. The van der Waals surface area contributed by atoms with Crippen LogP contribution in [-0.2, 0) is 0 Å². The quantitative estimate of drug-likeness (QED) is 0.373. The molecule has 0 aliphatic carbocycles. The molecule has 1 rings (SSSR count). The first-order valence-electron chi connectivity index (χ1n) is 3.17. The van der Waals surface area contributed by atoms with Gasteiger partial charge in [-0.25, -0.2) is 0 Å². The second-order valence-electron chi connectivity index (χ2n) is 2.21. The van der Waals surface area contributed by atoms with Gasteiger partial charge < -0.3 is 5.32 Å². The van der Waals surface area contributed by atoms with Gasteiger partial charge in [-0.05, 0) is 24.9 Å². The van der Waals surface area contributed by atoms with Crippen molar-refractivity contribution in [2.75, 3.05) is 13.1 Å². The van der Waals surface area contributed by atoms with Gasteiger partial charge in [0, 0.05) is 17.5 Å². The van der Waals surface area contributed by atoms with E-state index in [9.17, 15) is 0 Å². The largest absolute Gasteiger partial charge is 0.314 e. The first-order chi connectivity index (χ1) is 4.43. The molecule has 5 heteroatoms. The Labute approximate surface area is 66.0 Å². The van der Waals surface area contributed by atoms with Crippen molar-refractivity contribution >= 4 is 12.4 Å². The van der Waals surface area contributed by atoms with E-state index in [2.05, 4.69) is 15.3 Å².